The molecule has 0 atom stereocenters. The fourth-order valence-electron chi connectivity index (χ4n) is 3.60. The molecule has 0 aliphatic carbocycles. The van der Waals surface area contributed by atoms with Crippen LogP contribution in [0.3, 0.4) is 0 Å². The summed E-state index contributed by atoms with van der Waals surface area (Å²) in [5, 5.41) is 0. The number of hydrogen-bond acceptors (Lipinski definition) is 3. The minimum absolute atomic E-state index is 0.0895. The van der Waals surface area contributed by atoms with Crippen molar-refractivity contribution in [2.75, 3.05) is 31.1 Å². The highest BCUT2D eigenvalue weighted by Gasteiger charge is 2.30. The summed E-state index contributed by atoms with van der Waals surface area (Å²) in [6.45, 7) is 8.29. The quantitative estimate of drug-likeness (QED) is 0.840. The molecule has 1 aromatic rings. The summed E-state index contributed by atoms with van der Waals surface area (Å²) in [4.78, 5) is 21.7. The average Bonchev–Trinajstić information content (AvgIpc) is 2.54. The van der Waals surface area contributed by atoms with E-state index in [-0.39, 0.29) is 11.3 Å². The summed E-state index contributed by atoms with van der Waals surface area (Å²) in [5.74, 6) is 1.05. The predicted molar refractivity (Wildman–Crippen MR) is 89.2 cm³/mol. The largest absolute Gasteiger partial charge is 0.357 e. The van der Waals surface area contributed by atoms with Crippen LogP contribution in [0.1, 0.15) is 56.4 Å². The van der Waals surface area contributed by atoms with E-state index in [4.69, 9.17) is 0 Å². The van der Waals surface area contributed by atoms with Gasteiger partial charge in [-0.15, -0.1) is 0 Å². The van der Waals surface area contributed by atoms with E-state index in [0.717, 1.165) is 38.4 Å². The van der Waals surface area contributed by atoms with Crippen LogP contribution >= 0.6 is 0 Å². The van der Waals surface area contributed by atoms with Crippen molar-refractivity contribution in [1.29, 1.82) is 0 Å². The lowest BCUT2D eigenvalue weighted by Gasteiger charge is -2.38. The van der Waals surface area contributed by atoms with E-state index in [1.165, 1.54) is 25.7 Å². The number of aromatic nitrogens is 1. The van der Waals surface area contributed by atoms with E-state index in [0.29, 0.717) is 5.69 Å². The summed E-state index contributed by atoms with van der Waals surface area (Å²) in [5.41, 5.74) is 0.819. The van der Waals surface area contributed by atoms with E-state index < -0.39 is 0 Å². The van der Waals surface area contributed by atoms with Gasteiger partial charge >= 0.3 is 0 Å². The Morgan fingerprint density at radius 2 is 1.86 bits per heavy atom. The molecule has 2 aliphatic rings. The second-order valence-electron chi connectivity index (χ2n) is 7.42. The normalized spacial score (nSPS) is 21.7. The second-order valence-corrected chi connectivity index (χ2v) is 7.42. The minimum atomic E-state index is 0.0895. The molecule has 22 heavy (non-hydrogen) atoms. The highest BCUT2D eigenvalue weighted by Crippen LogP contribution is 2.29. The van der Waals surface area contributed by atoms with Crippen LogP contribution < -0.4 is 4.90 Å². The van der Waals surface area contributed by atoms with Crippen molar-refractivity contribution in [3.8, 4) is 0 Å². The smallest absolute Gasteiger partial charge is 0.272 e. The highest BCUT2D eigenvalue weighted by atomic mass is 16.2. The summed E-state index contributed by atoms with van der Waals surface area (Å²) < 4.78 is 0. The lowest BCUT2D eigenvalue weighted by atomic mass is 9.84. The maximum atomic E-state index is 12.8. The van der Waals surface area contributed by atoms with Crippen molar-refractivity contribution in [2.45, 2.75) is 46.0 Å². The van der Waals surface area contributed by atoms with Gasteiger partial charge in [-0.25, -0.2) is 4.98 Å². The zero-order valence-electron chi connectivity index (χ0n) is 13.8. The number of nitrogens with zero attached hydrogens (tertiary/aromatic N) is 3. The van der Waals surface area contributed by atoms with E-state index in [9.17, 15) is 4.79 Å². The van der Waals surface area contributed by atoms with Crippen molar-refractivity contribution in [1.82, 2.24) is 9.88 Å². The fraction of sp³-hybridized carbons (Fsp3) is 0.667. The summed E-state index contributed by atoms with van der Waals surface area (Å²) in [6, 6.07) is 5.86. The van der Waals surface area contributed by atoms with Crippen LogP contribution in [-0.4, -0.2) is 42.0 Å². The van der Waals surface area contributed by atoms with Crippen LogP contribution in [0, 0.1) is 5.41 Å². The lowest BCUT2D eigenvalue weighted by molar-refractivity contribution is 0.0577. The molecule has 0 saturated carbocycles. The number of likely N-dealkylation sites (tertiary alicyclic amines) is 1. The van der Waals surface area contributed by atoms with Gasteiger partial charge in [-0.1, -0.05) is 19.9 Å². The van der Waals surface area contributed by atoms with Gasteiger partial charge in [0.05, 0.1) is 0 Å². The van der Waals surface area contributed by atoms with Crippen molar-refractivity contribution < 1.29 is 4.79 Å². The second kappa shape index (κ2) is 6.27. The molecule has 2 aliphatic heterocycles. The first-order valence-corrected chi connectivity index (χ1v) is 8.56. The summed E-state index contributed by atoms with van der Waals surface area (Å²) in [6.07, 6.45) is 6.03. The monoisotopic (exact) mass is 301 g/mol. The number of amides is 1. The average molecular weight is 301 g/mol. The van der Waals surface area contributed by atoms with Crippen LogP contribution in [0.2, 0.25) is 0 Å². The van der Waals surface area contributed by atoms with E-state index in [1.54, 1.807) is 0 Å². The first kappa shape index (κ1) is 15.3. The van der Waals surface area contributed by atoms with Crippen molar-refractivity contribution in [2.24, 2.45) is 5.41 Å². The number of rotatable bonds is 2. The minimum Gasteiger partial charge on any atom is -0.357 e. The number of pyridine rings is 1. The molecule has 120 valence electrons. The molecule has 0 unspecified atom stereocenters. The van der Waals surface area contributed by atoms with E-state index in [2.05, 4.69) is 23.7 Å². The van der Waals surface area contributed by atoms with Crippen molar-refractivity contribution >= 4 is 11.7 Å². The van der Waals surface area contributed by atoms with Gasteiger partial charge in [0, 0.05) is 26.2 Å². The van der Waals surface area contributed by atoms with Crippen LogP contribution in [0.15, 0.2) is 18.2 Å². The molecule has 3 rings (SSSR count). The first-order chi connectivity index (χ1) is 10.6. The van der Waals surface area contributed by atoms with Crippen LogP contribution in [0.5, 0.6) is 0 Å². The zero-order chi connectivity index (χ0) is 15.6. The summed E-state index contributed by atoms with van der Waals surface area (Å²) in [7, 11) is 0. The van der Waals surface area contributed by atoms with Crippen molar-refractivity contribution in [3.63, 3.8) is 0 Å². The zero-order valence-corrected chi connectivity index (χ0v) is 13.8. The Morgan fingerprint density at radius 3 is 2.59 bits per heavy atom. The molecular formula is C18H27N3O. The Balaban J connectivity index is 1.75. The van der Waals surface area contributed by atoms with Gasteiger partial charge in [0.1, 0.15) is 11.5 Å². The van der Waals surface area contributed by atoms with Crippen LogP contribution in [0.25, 0.3) is 0 Å². The molecule has 4 heteroatoms. The molecule has 2 saturated heterocycles. The van der Waals surface area contributed by atoms with Gasteiger partial charge in [0.2, 0.25) is 0 Å². The van der Waals surface area contributed by atoms with Gasteiger partial charge in [-0.2, -0.15) is 0 Å². The topological polar surface area (TPSA) is 36.4 Å². The fourth-order valence-corrected chi connectivity index (χ4v) is 3.60. The maximum Gasteiger partial charge on any atom is 0.272 e. The van der Waals surface area contributed by atoms with Gasteiger partial charge < -0.3 is 9.80 Å². The van der Waals surface area contributed by atoms with E-state index >= 15 is 0 Å². The van der Waals surface area contributed by atoms with Crippen LogP contribution in [-0.2, 0) is 0 Å². The summed E-state index contributed by atoms with van der Waals surface area (Å²) >= 11 is 0. The molecule has 0 N–H and O–H groups in total. The number of carbonyl (C=O) groups excluding carboxylic acids is 1. The Bertz CT molecular complexity index is 535. The van der Waals surface area contributed by atoms with Gasteiger partial charge in [-0.3, -0.25) is 4.79 Å². The lowest BCUT2D eigenvalue weighted by Crippen LogP contribution is -2.44. The molecule has 3 heterocycles. The van der Waals surface area contributed by atoms with Gasteiger partial charge in [0.25, 0.3) is 5.91 Å². The van der Waals surface area contributed by atoms with Crippen molar-refractivity contribution in [3.05, 3.63) is 23.9 Å². The molecule has 0 spiro atoms. The Morgan fingerprint density at radius 1 is 1.09 bits per heavy atom. The highest BCUT2D eigenvalue weighted by molar-refractivity contribution is 5.92. The molecular weight excluding hydrogens is 274 g/mol. The molecule has 4 nitrogen and oxygen atoms in total. The molecule has 0 bridgehead atoms. The molecule has 1 aromatic heterocycles. The molecule has 1 amide bonds. The number of piperidine rings is 2. The SMILES string of the molecule is CC1(C)CCCN(C(=O)c2cccc(N3CCCCC3)n2)C1. The third kappa shape index (κ3) is 3.42. The number of carbonyl (C=O) groups is 1. The van der Waals surface area contributed by atoms with E-state index in [1.807, 2.05) is 23.1 Å². The Labute approximate surface area is 133 Å². The third-order valence-electron chi connectivity index (χ3n) is 4.82. The molecule has 0 aromatic carbocycles. The van der Waals surface area contributed by atoms with Gasteiger partial charge in [-0.05, 0) is 49.7 Å². The number of hydrogen-bond donors (Lipinski definition) is 0. The third-order valence-corrected chi connectivity index (χ3v) is 4.82. The standard InChI is InChI=1S/C18H27N3O/c1-18(2)10-7-13-21(14-18)17(22)15-8-6-9-16(19-15)20-11-4-3-5-12-20/h6,8-9H,3-5,7,10-14H2,1-2H3. The molecule has 2 fully saturated rings. The Hall–Kier alpha value is -1.58. The predicted octanol–water partition coefficient (Wildman–Crippen LogP) is 3.33. The number of anilines is 1. The maximum absolute atomic E-state index is 12.8. The van der Waals surface area contributed by atoms with Gasteiger partial charge in [0.15, 0.2) is 0 Å². The Kier molecular flexibility index (Phi) is 4.37. The first-order valence-electron chi connectivity index (χ1n) is 8.56. The van der Waals surface area contributed by atoms with Crippen LogP contribution in [0.4, 0.5) is 5.82 Å². The molecule has 0 radical (unpaired) electrons.